The predicted molar refractivity (Wildman–Crippen MR) is 189 cm³/mol. The van der Waals surface area contributed by atoms with E-state index in [1.165, 1.54) is 38.5 Å². The van der Waals surface area contributed by atoms with Crippen LogP contribution in [0.25, 0.3) is 6.08 Å². The van der Waals surface area contributed by atoms with Gasteiger partial charge in [-0.25, -0.2) is 9.69 Å². The Morgan fingerprint density at radius 1 is 0.720 bits per heavy atom. The molecule has 50 heavy (non-hydrogen) atoms. The molecule has 0 bridgehead atoms. The molecule has 260 valence electrons. The number of halogens is 1. The molecule has 0 spiro atoms. The lowest BCUT2D eigenvalue weighted by atomic mass is 10.1. The molecule has 1 aliphatic heterocycles. The van der Waals surface area contributed by atoms with Gasteiger partial charge in [0.05, 0.1) is 38.1 Å². The number of ether oxygens (including phenoxy) is 6. The minimum absolute atomic E-state index is 0.124. The number of amides is 4. The number of hydrogen-bond acceptors (Lipinski definition) is 9. The van der Waals surface area contributed by atoms with Crippen molar-refractivity contribution in [2.45, 2.75) is 33.5 Å². The molecule has 4 amide bonds. The summed E-state index contributed by atoms with van der Waals surface area (Å²) in [4.78, 5) is 40.1. The molecule has 0 saturated carbocycles. The fraction of sp³-hybridized carbons (Fsp3) is 0.237. The second-order valence-electron chi connectivity index (χ2n) is 11.0. The minimum atomic E-state index is -0.899. The first-order valence-corrected chi connectivity index (χ1v) is 16.3. The molecule has 0 unspecified atom stereocenters. The Hall–Kier alpha value is -5.68. The SMILES string of the molecule is CCCOc1ccc(N2C(=O)NC(=O)/C(=C/c3cc(Cl)c(OCc4ccc(OCc5ccccc5)c(OCC)c4)c(OC)c3)C2=O)cc1OC. The Balaban J connectivity index is 1.34. The maximum absolute atomic E-state index is 13.6. The molecule has 4 aromatic rings. The zero-order valence-electron chi connectivity index (χ0n) is 28.1. The quantitative estimate of drug-likeness (QED) is 0.100. The van der Waals surface area contributed by atoms with Gasteiger partial charge in [-0.3, -0.25) is 14.9 Å². The molecule has 12 heteroatoms. The molecule has 0 aliphatic carbocycles. The maximum atomic E-state index is 13.6. The molecule has 1 aliphatic rings. The van der Waals surface area contributed by atoms with Crippen LogP contribution >= 0.6 is 11.6 Å². The number of hydrogen-bond donors (Lipinski definition) is 1. The van der Waals surface area contributed by atoms with Crippen LogP contribution in [-0.2, 0) is 22.8 Å². The molecule has 0 aromatic heterocycles. The van der Waals surface area contributed by atoms with Crippen LogP contribution in [0.4, 0.5) is 10.5 Å². The van der Waals surface area contributed by atoms with Gasteiger partial charge in [-0.1, -0.05) is 54.9 Å². The molecular weight excluding hydrogens is 664 g/mol. The number of methoxy groups -OCH3 is 2. The Morgan fingerprint density at radius 3 is 2.16 bits per heavy atom. The molecule has 5 rings (SSSR count). The van der Waals surface area contributed by atoms with Gasteiger partial charge in [0.25, 0.3) is 11.8 Å². The van der Waals surface area contributed by atoms with Crippen LogP contribution in [-0.4, -0.2) is 45.3 Å². The van der Waals surface area contributed by atoms with E-state index in [4.69, 9.17) is 40.0 Å². The lowest BCUT2D eigenvalue weighted by Gasteiger charge is -2.27. The standard InChI is InChI=1S/C38H37ClN2O9/c1-5-16-48-30-15-13-27(21-32(30)45-3)41-37(43)28(36(42)40-38(41)44)17-26-18-29(39)35(34(20-26)46-4)50-23-25-12-14-31(33(19-25)47-6-2)49-22-24-10-8-7-9-11-24/h7-15,17-21H,5-6,16,22-23H2,1-4H3,(H,40,42,44)/b28-17-. The Kier molecular flexibility index (Phi) is 11.8. The van der Waals surface area contributed by atoms with Crippen LogP contribution in [0, 0.1) is 0 Å². The summed E-state index contributed by atoms with van der Waals surface area (Å²) in [5, 5.41) is 2.39. The smallest absolute Gasteiger partial charge is 0.335 e. The van der Waals surface area contributed by atoms with Crippen molar-refractivity contribution in [3.63, 3.8) is 0 Å². The summed E-state index contributed by atoms with van der Waals surface area (Å²) in [6, 6.07) is 22.2. The van der Waals surface area contributed by atoms with Gasteiger partial charge in [0.2, 0.25) is 0 Å². The maximum Gasteiger partial charge on any atom is 0.335 e. The van der Waals surface area contributed by atoms with Gasteiger partial charge in [-0.05, 0) is 72.5 Å². The molecule has 1 N–H and O–H groups in total. The van der Waals surface area contributed by atoms with E-state index in [0.717, 1.165) is 22.4 Å². The first kappa shape index (κ1) is 35.6. The van der Waals surface area contributed by atoms with Gasteiger partial charge in [-0.15, -0.1) is 0 Å². The Labute approximate surface area is 295 Å². The van der Waals surface area contributed by atoms with Crippen LogP contribution in [0.2, 0.25) is 5.02 Å². The lowest BCUT2D eigenvalue weighted by Crippen LogP contribution is -2.54. The highest BCUT2D eigenvalue weighted by molar-refractivity contribution is 6.39. The Bertz CT molecular complexity index is 1900. The van der Waals surface area contributed by atoms with E-state index < -0.39 is 17.8 Å². The third-order valence-electron chi connectivity index (χ3n) is 7.46. The summed E-state index contributed by atoms with van der Waals surface area (Å²) in [6.45, 7) is 5.29. The van der Waals surface area contributed by atoms with Gasteiger partial charge >= 0.3 is 6.03 Å². The fourth-order valence-corrected chi connectivity index (χ4v) is 5.34. The lowest BCUT2D eigenvalue weighted by molar-refractivity contribution is -0.122. The summed E-state index contributed by atoms with van der Waals surface area (Å²) in [7, 11) is 2.90. The number of rotatable bonds is 15. The number of nitrogens with one attached hydrogen (secondary N) is 1. The van der Waals surface area contributed by atoms with Crippen molar-refractivity contribution in [1.82, 2.24) is 5.32 Å². The van der Waals surface area contributed by atoms with Crippen LogP contribution < -0.4 is 38.6 Å². The summed E-state index contributed by atoms with van der Waals surface area (Å²) in [6.07, 6.45) is 2.11. The first-order chi connectivity index (χ1) is 24.3. The van der Waals surface area contributed by atoms with Gasteiger partial charge < -0.3 is 28.4 Å². The third kappa shape index (κ3) is 8.30. The van der Waals surface area contributed by atoms with Crippen molar-refractivity contribution in [1.29, 1.82) is 0 Å². The van der Waals surface area contributed by atoms with E-state index in [2.05, 4.69) is 5.32 Å². The van der Waals surface area contributed by atoms with Crippen molar-refractivity contribution in [2.75, 3.05) is 32.3 Å². The summed E-state index contributed by atoms with van der Waals surface area (Å²) >= 11 is 6.65. The summed E-state index contributed by atoms with van der Waals surface area (Å²) < 4.78 is 34.6. The monoisotopic (exact) mass is 700 g/mol. The molecule has 0 radical (unpaired) electrons. The van der Waals surface area contributed by atoms with Gasteiger partial charge in [0.1, 0.15) is 18.8 Å². The van der Waals surface area contributed by atoms with Crippen LogP contribution in [0.5, 0.6) is 34.5 Å². The summed E-state index contributed by atoms with van der Waals surface area (Å²) in [5.41, 5.74) is 2.09. The second kappa shape index (κ2) is 16.6. The fourth-order valence-electron chi connectivity index (χ4n) is 5.07. The zero-order chi connectivity index (χ0) is 35.6. The molecule has 4 aromatic carbocycles. The van der Waals surface area contributed by atoms with Gasteiger partial charge in [0, 0.05) is 6.07 Å². The number of nitrogens with zero attached hydrogens (tertiary/aromatic N) is 1. The van der Waals surface area contributed by atoms with E-state index in [0.29, 0.717) is 48.4 Å². The van der Waals surface area contributed by atoms with E-state index in [-0.39, 0.29) is 34.4 Å². The number of urea groups is 1. The van der Waals surface area contributed by atoms with Crippen LogP contribution in [0.1, 0.15) is 37.0 Å². The van der Waals surface area contributed by atoms with Gasteiger partial charge in [0.15, 0.2) is 34.5 Å². The topological polar surface area (TPSA) is 122 Å². The predicted octanol–water partition coefficient (Wildman–Crippen LogP) is 7.37. The van der Waals surface area contributed by atoms with Gasteiger partial charge in [-0.2, -0.15) is 0 Å². The van der Waals surface area contributed by atoms with Crippen LogP contribution in [0.3, 0.4) is 0 Å². The van der Waals surface area contributed by atoms with E-state index in [9.17, 15) is 14.4 Å². The molecule has 11 nitrogen and oxygen atoms in total. The number of carbonyl (C=O) groups is 3. The molecular formula is C38H37ClN2O9. The highest BCUT2D eigenvalue weighted by atomic mass is 35.5. The van der Waals surface area contributed by atoms with Crippen molar-refractivity contribution < 1.29 is 42.8 Å². The molecule has 0 atom stereocenters. The summed E-state index contributed by atoms with van der Waals surface area (Å²) in [5.74, 6) is 0.792. The highest BCUT2D eigenvalue weighted by Crippen LogP contribution is 2.39. The average Bonchev–Trinajstić information content (AvgIpc) is 3.12. The number of carbonyl (C=O) groups excluding carboxylic acids is 3. The zero-order valence-corrected chi connectivity index (χ0v) is 28.9. The number of barbiturate groups is 1. The first-order valence-electron chi connectivity index (χ1n) is 15.9. The Morgan fingerprint density at radius 2 is 1.44 bits per heavy atom. The highest BCUT2D eigenvalue weighted by Gasteiger charge is 2.37. The number of imide groups is 2. The average molecular weight is 701 g/mol. The molecule has 1 heterocycles. The van der Waals surface area contributed by atoms with E-state index in [1.54, 1.807) is 12.1 Å². The second-order valence-corrected chi connectivity index (χ2v) is 11.4. The number of anilines is 1. The largest absolute Gasteiger partial charge is 0.493 e. The van der Waals surface area contributed by atoms with Crippen molar-refractivity contribution in [2.24, 2.45) is 0 Å². The van der Waals surface area contributed by atoms with E-state index in [1.807, 2.05) is 62.4 Å². The normalized spacial score (nSPS) is 13.6. The molecule has 1 fully saturated rings. The van der Waals surface area contributed by atoms with Crippen molar-refractivity contribution in [3.8, 4) is 34.5 Å². The molecule has 1 saturated heterocycles. The van der Waals surface area contributed by atoms with Crippen LogP contribution in [0.15, 0.2) is 84.4 Å². The van der Waals surface area contributed by atoms with E-state index >= 15 is 0 Å². The van der Waals surface area contributed by atoms with Crippen molar-refractivity contribution >= 4 is 41.2 Å². The third-order valence-corrected chi connectivity index (χ3v) is 7.74. The number of benzene rings is 4. The van der Waals surface area contributed by atoms with Crippen molar-refractivity contribution in [3.05, 3.63) is 106 Å². The minimum Gasteiger partial charge on any atom is -0.493 e.